The van der Waals surface area contributed by atoms with Gasteiger partial charge in [0.1, 0.15) is 30.5 Å². The van der Waals surface area contributed by atoms with Crippen molar-refractivity contribution in [1.82, 2.24) is 0 Å². The molecule has 0 aliphatic rings. The first-order valence-electron chi connectivity index (χ1n) is 6.38. The van der Waals surface area contributed by atoms with E-state index in [2.05, 4.69) is 15.9 Å². The van der Waals surface area contributed by atoms with E-state index in [0.29, 0.717) is 17.9 Å². The Kier molecular flexibility index (Phi) is 5.33. The van der Waals surface area contributed by atoms with Crippen LogP contribution >= 0.6 is 15.9 Å². The summed E-state index contributed by atoms with van der Waals surface area (Å²) in [7, 11) is 0. The molecule has 0 amide bonds. The zero-order valence-corrected chi connectivity index (χ0v) is 13.0. The average Bonchev–Trinajstić information content (AvgIpc) is 2.43. The van der Waals surface area contributed by atoms with Gasteiger partial charge in [-0.3, -0.25) is 4.79 Å². The molecule has 21 heavy (non-hydrogen) atoms. The van der Waals surface area contributed by atoms with Crippen molar-refractivity contribution in [1.29, 1.82) is 0 Å². The summed E-state index contributed by atoms with van der Waals surface area (Å²) < 4.78 is 25.1. The van der Waals surface area contributed by atoms with Crippen LogP contribution in [0.1, 0.15) is 17.3 Å². The lowest BCUT2D eigenvalue weighted by Crippen LogP contribution is -2.11. The van der Waals surface area contributed by atoms with Crippen LogP contribution in [-0.4, -0.2) is 19.0 Å². The highest BCUT2D eigenvalue weighted by molar-refractivity contribution is 9.10. The van der Waals surface area contributed by atoms with Gasteiger partial charge in [0.25, 0.3) is 0 Å². The largest absolute Gasteiger partial charge is 0.490 e. The van der Waals surface area contributed by atoms with E-state index in [4.69, 9.17) is 9.47 Å². The Hall–Kier alpha value is -1.88. The third kappa shape index (κ3) is 4.56. The van der Waals surface area contributed by atoms with Gasteiger partial charge in [0, 0.05) is 10.5 Å². The lowest BCUT2D eigenvalue weighted by molar-refractivity contribution is 0.101. The van der Waals surface area contributed by atoms with Crippen LogP contribution in [0.2, 0.25) is 0 Å². The first kappa shape index (κ1) is 15.5. The van der Waals surface area contributed by atoms with E-state index in [0.717, 1.165) is 4.47 Å². The maximum absolute atomic E-state index is 13.2. The Bertz CT molecular complexity index is 643. The molecule has 0 saturated carbocycles. The number of hydrogen-bond donors (Lipinski definition) is 0. The quantitative estimate of drug-likeness (QED) is 0.575. The predicted octanol–water partition coefficient (Wildman–Crippen LogP) is 4.25. The maximum atomic E-state index is 13.2. The highest BCUT2D eigenvalue weighted by Gasteiger charge is 2.09. The molecule has 0 heterocycles. The second-order valence-electron chi connectivity index (χ2n) is 4.35. The Labute approximate surface area is 130 Å². The monoisotopic (exact) mass is 352 g/mol. The van der Waals surface area contributed by atoms with Crippen molar-refractivity contribution >= 4 is 21.7 Å². The zero-order valence-electron chi connectivity index (χ0n) is 11.4. The van der Waals surface area contributed by atoms with Crippen LogP contribution < -0.4 is 9.47 Å². The van der Waals surface area contributed by atoms with Crippen LogP contribution in [0, 0.1) is 5.82 Å². The molecule has 0 N–H and O–H groups in total. The molecule has 0 unspecified atom stereocenters. The number of rotatable bonds is 6. The van der Waals surface area contributed by atoms with Crippen molar-refractivity contribution in [2.45, 2.75) is 6.92 Å². The topological polar surface area (TPSA) is 35.5 Å². The molecule has 0 aliphatic carbocycles. The number of halogens is 2. The maximum Gasteiger partial charge on any atom is 0.163 e. The van der Waals surface area contributed by atoms with Crippen molar-refractivity contribution in [3.63, 3.8) is 0 Å². The highest BCUT2D eigenvalue weighted by atomic mass is 79.9. The van der Waals surface area contributed by atoms with Crippen molar-refractivity contribution in [3.05, 3.63) is 58.3 Å². The fourth-order valence-electron chi connectivity index (χ4n) is 1.77. The number of carbonyl (C=O) groups excluding carboxylic acids is 1. The minimum atomic E-state index is -0.442. The van der Waals surface area contributed by atoms with Gasteiger partial charge in [-0.2, -0.15) is 0 Å². The van der Waals surface area contributed by atoms with E-state index in [1.807, 2.05) is 24.3 Å². The summed E-state index contributed by atoms with van der Waals surface area (Å²) in [6, 6.07) is 11.3. The summed E-state index contributed by atoms with van der Waals surface area (Å²) in [4.78, 5) is 11.4. The van der Waals surface area contributed by atoms with E-state index >= 15 is 0 Å². The van der Waals surface area contributed by atoms with Crippen molar-refractivity contribution in [2.24, 2.45) is 0 Å². The van der Waals surface area contributed by atoms with Crippen molar-refractivity contribution in [3.8, 4) is 11.5 Å². The van der Waals surface area contributed by atoms with Gasteiger partial charge in [-0.15, -0.1) is 0 Å². The van der Waals surface area contributed by atoms with Crippen LogP contribution in [0.4, 0.5) is 4.39 Å². The van der Waals surface area contributed by atoms with Crippen molar-refractivity contribution < 1.29 is 18.7 Å². The van der Waals surface area contributed by atoms with Crippen LogP contribution in [0.15, 0.2) is 46.9 Å². The molecule has 0 fully saturated rings. The van der Waals surface area contributed by atoms with Gasteiger partial charge >= 0.3 is 0 Å². The fraction of sp³-hybridized carbons (Fsp3) is 0.188. The van der Waals surface area contributed by atoms with Gasteiger partial charge < -0.3 is 9.47 Å². The Morgan fingerprint density at radius 3 is 2.62 bits per heavy atom. The number of carbonyl (C=O) groups is 1. The molecule has 0 spiro atoms. The highest BCUT2D eigenvalue weighted by Crippen LogP contribution is 2.21. The third-order valence-corrected chi connectivity index (χ3v) is 3.22. The molecular formula is C16H14BrFO3. The molecular weight excluding hydrogens is 339 g/mol. The van der Waals surface area contributed by atoms with Crippen LogP contribution in [-0.2, 0) is 0 Å². The summed E-state index contributed by atoms with van der Waals surface area (Å²) in [5, 5.41) is 0. The van der Waals surface area contributed by atoms with Gasteiger partial charge in [-0.1, -0.05) is 22.0 Å². The average molecular weight is 353 g/mol. The van der Waals surface area contributed by atoms with Gasteiger partial charge in [0.2, 0.25) is 0 Å². The van der Waals surface area contributed by atoms with E-state index in [9.17, 15) is 9.18 Å². The Morgan fingerprint density at radius 1 is 1.14 bits per heavy atom. The van der Waals surface area contributed by atoms with E-state index in [-0.39, 0.29) is 18.1 Å². The van der Waals surface area contributed by atoms with Gasteiger partial charge in [-0.25, -0.2) is 4.39 Å². The molecule has 2 aromatic rings. The molecule has 0 aromatic heterocycles. The molecule has 0 saturated heterocycles. The van der Waals surface area contributed by atoms with E-state index in [1.54, 1.807) is 0 Å². The number of benzene rings is 2. The number of Topliss-reactive ketones (excluding diaryl/α,β-unsaturated/α-hetero) is 1. The van der Waals surface area contributed by atoms with Gasteiger partial charge in [0.05, 0.1) is 5.56 Å². The molecule has 0 bridgehead atoms. The summed E-state index contributed by atoms with van der Waals surface area (Å²) in [5.41, 5.74) is 0.360. The summed E-state index contributed by atoms with van der Waals surface area (Å²) in [6.07, 6.45) is 0. The number of hydrogen-bond acceptors (Lipinski definition) is 3. The third-order valence-electron chi connectivity index (χ3n) is 2.73. The van der Waals surface area contributed by atoms with Crippen LogP contribution in [0.3, 0.4) is 0 Å². The summed E-state index contributed by atoms with van der Waals surface area (Å²) in [5.74, 6) is 0.333. The minimum Gasteiger partial charge on any atom is -0.490 e. The lowest BCUT2D eigenvalue weighted by atomic mass is 10.1. The molecule has 0 radical (unpaired) electrons. The standard InChI is InChI=1S/C16H14BrFO3/c1-11(19)15-6-5-13(18)10-16(15)21-8-7-20-14-4-2-3-12(17)9-14/h2-6,9-10H,7-8H2,1H3. The predicted molar refractivity (Wildman–Crippen MR) is 81.5 cm³/mol. The van der Waals surface area contributed by atoms with Crippen LogP contribution in [0.5, 0.6) is 11.5 Å². The van der Waals surface area contributed by atoms with Gasteiger partial charge in [0.15, 0.2) is 5.78 Å². The minimum absolute atomic E-state index is 0.169. The second kappa shape index (κ2) is 7.22. The normalized spacial score (nSPS) is 10.2. The Morgan fingerprint density at radius 2 is 1.90 bits per heavy atom. The smallest absolute Gasteiger partial charge is 0.163 e. The first-order valence-corrected chi connectivity index (χ1v) is 7.17. The molecule has 3 nitrogen and oxygen atoms in total. The molecule has 2 rings (SSSR count). The number of ether oxygens (including phenoxy) is 2. The molecule has 0 aliphatic heterocycles. The molecule has 0 atom stereocenters. The van der Waals surface area contributed by atoms with E-state index in [1.165, 1.54) is 25.1 Å². The van der Waals surface area contributed by atoms with E-state index < -0.39 is 5.82 Å². The molecule has 110 valence electrons. The fourth-order valence-corrected chi connectivity index (χ4v) is 2.15. The van der Waals surface area contributed by atoms with Crippen molar-refractivity contribution in [2.75, 3.05) is 13.2 Å². The molecule has 2 aromatic carbocycles. The lowest BCUT2D eigenvalue weighted by Gasteiger charge is -2.11. The Balaban J connectivity index is 1.91. The summed E-state index contributed by atoms with van der Waals surface area (Å²) >= 11 is 3.35. The zero-order chi connectivity index (χ0) is 15.2. The number of ketones is 1. The summed E-state index contributed by atoms with van der Waals surface area (Å²) in [6.45, 7) is 1.93. The second-order valence-corrected chi connectivity index (χ2v) is 5.27. The van der Waals surface area contributed by atoms with Crippen LogP contribution in [0.25, 0.3) is 0 Å². The molecule has 5 heteroatoms. The first-order chi connectivity index (χ1) is 10.1. The van der Waals surface area contributed by atoms with Gasteiger partial charge in [-0.05, 0) is 37.3 Å². The SMILES string of the molecule is CC(=O)c1ccc(F)cc1OCCOc1cccc(Br)c1.